The van der Waals surface area contributed by atoms with Gasteiger partial charge in [-0.25, -0.2) is 0 Å². The molecular formula is C26H25NO5. The lowest BCUT2D eigenvalue weighted by atomic mass is 10.1. The molecule has 6 nitrogen and oxygen atoms in total. The van der Waals surface area contributed by atoms with E-state index in [1.165, 1.54) is 6.08 Å². The van der Waals surface area contributed by atoms with Crippen LogP contribution in [0.1, 0.15) is 22.8 Å². The topological polar surface area (TPSA) is 73.9 Å². The van der Waals surface area contributed by atoms with Gasteiger partial charge in [-0.05, 0) is 55.0 Å². The SMILES string of the molecule is CCOc1cc(/C=C/C(=O)c2cccc(OC)c2)ccc1OCC(=O)Nc1ccccc1. The number of rotatable bonds is 10. The Morgan fingerprint density at radius 1 is 0.906 bits per heavy atom. The van der Waals surface area contributed by atoms with Crippen molar-refractivity contribution in [1.82, 2.24) is 0 Å². The van der Waals surface area contributed by atoms with Gasteiger partial charge in [-0.15, -0.1) is 0 Å². The monoisotopic (exact) mass is 431 g/mol. The Morgan fingerprint density at radius 2 is 1.72 bits per heavy atom. The highest BCUT2D eigenvalue weighted by Gasteiger charge is 2.10. The molecule has 0 aromatic heterocycles. The molecule has 0 aliphatic heterocycles. The molecule has 0 heterocycles. The van der Waals surface area contributed by atoms with E-state index in [0.717, 1.165) is 5.56 Å². The Balaban J connectivity index is 1.66. The fraction of sp³-hybridized carbons (Fsp3) is 0.154. The molecule has 0 aliphatic rings. The first-order valence-electron chi connectivity index (χ1n) is 10.2. The van der Waals surface area contributed by atoms with Gasteiger partial charge in [0.15, 0.2) is 23.9 Å². The number of hydrogen-bond acceptors (Lipinski definition) is 5. The van der Waals surface area contributed by atoms with Crippen LogP contribution >= 0.6 is 0 Å². The molecular weight excluding hydrogens is 406 g/mol. The first kappa shape index (κ1) is 22.6. The second-order valence-electron chi connectivity index (χ2n) is 6.77. The van der Waals surface area contributed by atoms with E-state index >= 15 is 0 Å². The minimum Gasteiger partial charge on any atom is -0.497 e. The van der Waals surface area contributed by atoms with Gasteiger partial charge in [0.1, 0.15) is 5.75 Å². The van der Waals surface area contributed by atoms with Crippen LogP contribution in [0.2, 0.25) is 0 Å². The Hall–Kier alpha value is -4.06. The lowest BCUT2D eigenvalue weighted by Crippen LogP contribution is -2.20. The number of ketones is 1. The number of anilines is 1. The van der Waals surface area contributed by atoms with E-state index in [4.69, 9.17) is 14.2 Å². The van der Waals surface area contributed by atoms with Gasteiger partial charge in [0.25, 0.3) is 5.91 Å². The smallest absolute Gasteiger partial charge is 0.262 e. The summed E-state index contributed by atoms with van der Waals surface area (Å²) < 4.78 is 16.5. The Labute approximate surface area is 187 Å². The van der Waals surface area contributed by atoms with Crippen molar-refractivity contribution in [3.8, 4) is 17.2 Å². The van der Waals surface area contributed by atoms with Gasteiger partial charge in [-0.1, -0.05) is 42.5 Å². The van der Waals surface area contributed by atoms with Gasteiger partial charge in [-0.3, -0.25) is 9.59 Å². The molecule has 32 heavy (non-hydrogen) atoms. The van der Waals surface area contributed by atoms with E-state index in [9.17, 15) is 9.59 Å². The zero-order valence-corrected chi connectivity index (χ0v) is 18.0. The van der Waals surface area contributed by atoms with Crippen molar-refractivity contribution in [3.63, 3.8) is 0 Å². The van der Waals surface area contributed by atoms with Gasteiger partial charge < -0.3 is 19.5 Å². The lowest BCUT2D eigenvalue weighted by Gasteiger charge is -2.12. The van der Waals surface area contributed by atoms with Crippen LogP contribution in [0.4, 0.5) is 5.69 Å². The normalized spacial score (nSPS) is 10.6. The molecule has 164 valence electrons. The second kappa shape index (κ2) is 11.4. The largest absolute Gasteiger partial charge is 0.497 e. The molecule has 0 atom stereocenters. The molecule has 0 bridgehead atoms. The third kappa shape index (κ3) is 6.47. The van der Waals surface area contributed by atoms with Crippen molar-refractivity contribution in [1.29, 1.82) is 0 Å². The van der Waals surface area contributed by atoms with Crippen LogP contribution in [0, 0.1) is 0 Å². The maximum absolute atomic E-state index is 12.4. The van der Waals surface area contributed by atoms with E-state index in [1.54, 1.807) is 67.8 Å². The summed E-state index contributed by atoms with van der Waals surface area (Å²) >= 11 is 0. The van der Waals surface area contributed by atoms with Gasteiger partial charge in [0.05, 0.1) is 13.7 Å². The van der Waals surface area contributed by atoms with E-state index in [1.807, 2.05) is 25.1 Å². The predicted molar refractivity (Wildman–Crippen MR) is 125 cm³/mol. The van der Waals surface area contributed by atoms with Gasteiger partial charge in [0, 0.05) is 11.3 Å². The Kier molecular flexibility index (Phi) is 8.03. The number of amides is 1. The van der Waals surface area contributed by atoms with E-state index < -0.39 is 0 Å². The minimum atomic E-state index is -0.272. The number of para-hydroxylation sites is 1. The summed E-state index contributed by atoms with van der Waals surface area (Å²) in [5, 5.41) is 2.77. The molecule has 0 aliphatic carbocycles. The molecule has 0 radical (unpaired) electrons. The van der Waals surface area contributed by atoms with Gasteiger partial charge in [-0.2, -0.15) is 0 Å². The molecule has 3 aromatic carbocycles. The standard InChI is InChI=1S/C26H25NO5/c1-3-31-25-16-19(12-14-23(28)20-8-7-11-22(17-20)30-2)13-15-24(25)32-18-26(29)27-21-9-5-4-6-10-21/h4-17H,3,18H2,1-2H3,(H,27,29)/b14-12+. The third-order valence-corrected chi connectivity index (χ3v) is 4.47. The number of nitrogens with one attached hydrogen (secondary N) is 1. The van der Waals surface area contributed by atoms with Crippen LogP contribution in [0.3, 0.4) is 0 Å². The van der Waals surface area contributed by atoms with E-state index in [-0.39, 0.29) is 18.3 Å². The highest BCUT2D eigenvalue weighted by atomic mass is 16.5. The summed E-state index contributed by atoms with van der Waals surface area (Å²) in [6.45, 7) is 2.14. The second-order valence-corrected chi connectivity index (χ2v) is 6.77. The van der Waals surface area contributed by atoms with Crippen molar-refractivity contribution in [2.45, 2.75) is 6.92 Å². The van der Waals surface area contributed by atoms with Crippen LogP contribution in [0.25, 0.3) is 6.08 Å². The number of hydrogen-bond donors (Lipinski definition) is 1. The maximum atomic E-state index is 12.4. The molecule has 3 rings (SSSR count). The number of methoxy groups -OCH3 is 1. The first-order chi connectivity index (χ1) is 15.6. The molecule has 1 amide bonds. The minimum absolute atomic E-state index is 0.139. The molecule has 6 heteroatoms. The maximum Gasteiger partial charge on any atom is 0.262 e. The molecule has 0 unspecified atom stereocenters. The molecule has 0 saturated carbocycles. The number of allylic oxidation sites excluding steroid dienone is 1. The highest BCUT2D eigenvalue weighted by Crippen LogP contribution is 2.29. The number of carbonyl (C=O) groups is 2. The predicted octanol–water partition coefficient (Wildman–Crippen LogP) is 5.01. The van der Waals surface area contributed by atoms with Crippen LogP contribution in [-0.2, 0) is 4.79 Å². The fourth-order valence-corrected chi connectivity index (χ4v) is 2.92. The molecule has 1 N–H and O–H groups in total. The molecule has 3 aromatic rings. The summed E-state index contributed by atoms with van der Waals surface area (Å²) in [7, 11) is 1.56. The van der Waals surface area contributed by atoms with Crippen molar-refractivity contribution in [2.75, 3.05) is 25.6 Å². The number of ether oxygens (including phenoxy) is 3. The van der Waals surface area contributed by atoms with E-state index in [0.29, 0.717) is 35.1 Å². The molecule has 0 saturated heterocycles. The van der Waals surface area contributed by atoms with Crippen molar-refractivity contribution >= 4 is 23.5 Å². The zero-order valence-electron chi connectivity index (χ0n) is 18.0. The third-order valence-electron chi connectivity index (χ3n) is 4.47. The first-order valence-corrected chi connectivity index (χ1v) is 10.2. The summed E-state index contributed by atoms with van der Waals surface area (Å²) in [4.78, 5) is 24.6. The summed E-state index contributed by atoms with van der Waals surface area (Å²) in [6.07, 6.45) is 3.20. The fourth-order valence-electron chi connectivity index (χ4n) is 2.92. The van der Waals surface area contributed by atoms with E-state index in [2.05, 4.69) is 5.32 Å². The average molecular weight is 431 g/mol. The van der Waals surface area contributed by atoms with Gasteiger partial charge >= 0.3 is 0 Å². The highest BCUT2D eigenvalue weighted by molar-refractivity contribution is 6.07. The van der Waals surface area contributed by atoms with Crippen LogP contribution in [0.15, 0.2) is 78.9 Å². The zero-order chi connectivity index (χ0) is 22.8. The van der Waals surface area contributed by atoms with Crippen LogP contribution in [0.5, 0.6) is 17.2 Å². The molecule has 0 spiro atoms. The molecule has 0 fully saturated rings. The quantitative estimate of drug-likeness (QED) is 0.361. The number of benzene rings is 3. The van der Waals surface area contributed by atoms with Crippen molar-refractivity contribution in [3.05, 3.63) is 90.0 Å². The average Bonchev–Trinajstić information content (AvgIpc) is 2.82. The van der Waals surface area contributed by atoms with Crippen molar-refractivity contribution in [2.24, 2.45) is 0 Å². The Bertz CT molecular complexity index is 1090. The Morgan fingerprint density at radius 3 is 2.47 bits per heavy atom. The summed E-state index contributed by atoms with van der Waals surface area (Å²) in [6, 6.07) is 21.4. The van der Waals surface area contributed by atoms with Crippen molar-refractivity contribution < 1.29 is 23.8 Å². The van der Waals surface area contributed by atoms with Crippen LogP contribution < -0.4 is 19.5 Å². The summed E-state index contributed by atoms with van der Waals surface area (Å²) in [5.41, 5.74) is 2.01. The lowest BCUT2D eigenvalue weighted by molar-refractivity contribution is -0.118. The van der Waals surface area contributed by atoms with Gasteiger partial charge in [0.2, 0.25) is 0 Å². The summed E-state index contributed by atoms with van der Waals surface area (Å²) in [5.74, 6) is 1.16. The van der Waals surface area contributed by atoms with Crippen LogP contribution in [-0.4, -0.2) is 32.0 Å². The number of carbonyl (C=O) groups excluding carboxylic acids is 2.